The van der Waals surface area contributed by atoms with Gasteiger partial charge in [0.2, 0.25) is 0 Å². The zero-order chi connectivity index (χ0) is 11.8. The molecule has 2 rings (SSSR count). The third kappa shape index (κ3) is 2.84. The van der Waals surface area contributed by atoms with Crippen molar-refractivity contribution in [1.29, 1.82) is 0 Å². The Kier molecular flexibility index (Phi) is 3.37. The molecule has 1 heterocycles. The maximum absolute atomic E-state index is 11.3. The van der Waals surface area contributed by atoms with Crippen molar-refractivity contribution in [2.24, 2.45) is 0 Å². The van der Waals surface area contributed by atoms with Crippen LogP contribution in [0.15, 0.2) is 23.1 Å². The van der Waals surface area contributed by atoms with E-state index in [1.807, 2.05) is 0 Å². The first kappa shape index (κ1) is 12.1. The summed E-state index contributed by atoms with van der Waals surface area (Å²) in [6.07, 6.45) is 0.693. The Labute approximate surface area is 104 Å². The number of thioether (sulfide) groups is 1. The van der Waals surface area contributed by atoms with Crippen molar-refractivity contribution in [3.05, 3.63) is 23.2 Å². The summed E-state index contributed by atoms with van der Waals surface area (Å²) >= 11 is 7.38. The van der Waals surface area contributed by atoms with Gasteiger partial charge in [-0.15, -0.1) is 11.8 Å². The predicted octanol–water partition coefficient (Wildman–Crippen LogP) is 2.20. The van der Waals surface area contributed by atoms with Crippen LogP contribution in [-0.4, -0.2) is 25.2 Å². The molecular formula is C10H12ClNO2S2. The first-order valence-corrected chi connectivity index (χ1v) is 7.96. The van der Waals surface area contributed by atoms with E-state index in [0.717, 1.165) is 4.90 Å². The van der Waals surface area contributed by atoms with Crippen LogP contribution in [0.4, 0.5) is 5.69 Å². The Morgan fingerprint density at radius 1 is 1.44 bits per heavy atom. The number of benzene rings is 1. The number of nitrogens with two attached hydrogens (primary N) is 1. The molecule has 1 unspecified atom stereocenters. The van der Waals surface area contributed by atoms with E-state index in [0.29, 0.717) is 17.1 Å². The van der Waals surface area contributed by atoms with Crippen molar-refractivity contribution < 1.29 is 8.42 Å². The van der Waals surface area contributed by atoms with Gasteiger partial charge in [-0.1, -0.05) is 11.6 Å². The second kappa shape index (κ2) is 4.47. The summed E-state index contributed by atoms with van der Waals surface area (Å²) in [5.74, 6) is 0.523. The maximum atomic E-state index is 11.3. The van der Waals surface area contributed by atoms with Crippen molar-refractivity contribution in [1.82, 2.24) is 0 Å². The van der Waals surface area contributed by atoms with E-state index in [9.17, 15) is 8.42 Å². The van der Waals surface area contributed by atoms with E-state index < -0.39 is 9.84 Å². The van der Waals surface area contributed by atoms with Crippen LogP contribution in [0.25, 0.3) is 0 Å². The van der Waals surface area contributed by atoms with E-state index in [1.54, 1.807) is 18.2 Å². The van der Waals surface area contributed by atoms with Crippen LogP contribution >= 0.6 is 23.4 Å². The molecule has 1 fully saturated rings. The van der Waals surface area contributed by atoms with E-state index in [4.69, 9.17) is 17.3 Å². The van der Waals surface area contributed by atoms with Gasteiger partial charge in [-0.25, -0.2) is 8.42 Å². The second-order valence-electron chi connectivity index (χ2n) is 3.83. The molecule has 1 aromatic carbocycles. The summed E-state index contributed by atoms with van der Waals surface area (Å²) in [6.45, 7) is 0. The topological polar surface area (TPSA) is 60.2 Å². The molecule has 0 aliphatic carbocycles. The molecule has 1 aliphatic heterocycles. The van der Waals surface area contributed by atoms with Gasteiger partial charge < -0.3 is 5.73 Å². The number of hydrogen-bond donors (Lipinski definition) is 1. The highest BCUT2D eigenvalue weighted by atomic mass is 35.5. The van der Waals surface area contributed by atoms with Gasteiger partial charge in [0.1, 0.15) is 0 Å². The standard InChI is InChI=1S/C10H12ClNO2S2/c11-7-1-2-9(12)10(5-7)15-8-3-4-16(13,14)6-8/h1-2,5,8H,3-4,6,12H2. The Balaban J connectivity index is 2.13. The molecule has 0 bridgehead atoms. The Hall–Kier alpha value is -0.390. The van der Waals surface area contributed by atoms with Crippen molar-refractivity contribution in [2.75, 3.05) is 17.2 Å². The van der Waals surface area contributed by atoms with E-state index in [-0.39, 0.29) is 16.8 Å². The molecule has 0 aromatic heterocycles. The molecule has 0 spiro atoms. The average molecular weight is 278 g/mol. The maximum Gasteiger partial charge on any atom is 0.151 e. The summed E-state index contributed by atoms with van der Waals surface area (Å²) in [4.78, 5) is 0.870. The van der Waals surface area contributed by atoms with Gasteiger partial charge in [0.15, 0.2) is 9.84 Å². The summed E-state index contributed by atoms with van der Waals surface area (Å²) in [6, 6.07) is 5.26. The lowest BCUT2D eigenvalue weighted by atomic mass is 10.3. The van der Waals surface area contributed by atoms with Gasteiger partial charge in [-0.2, -0.15) is 0 Å². The average Bonchev–Trinajstić information content (AvgIpc) is 2.52. The van der Waals surface area contributed by atoms with E-state index >= 15 is 0 Å². The normalized spacial score (nSPS) is 23.4. The SMILES string of the molecule is Nc1ccc(Cl)cc1SC1CCS(=O)(=O)C1. The fourth-order valence-electron chi connectivity index (χ4n) is 1.64. The molecule has 3 nitrogen and oxygen atoms in total. The zero-order valence-corrected chi connectivity index (χ0v) is 10.9. The Morgan fingerprint density at radius 2 is 2.19 bits per heavy atom. The lowest BCUT2D eigenvalue weighted by molar-refractivity contribution is 0.602. The highest BCUT2D eigenvalue weighted by Gasteiger charge is 2.28. The second-order valence-corrected chi connectivity index (χ2v) is 7.83. The van der Waals surface area contributed by atoms with Gasteiger partial charge in [0, 0.05) is 20.9 Å². The third-order valence-corrected chi connectivity index (χ3v) is 6.02. The lowest BCUT2D eigenvalue weighted by Crippen LogP contribution is -2.06. The molecule has 1 saturated heterocycles. The molecule has 6 heteroatoms. The first-order valence-electron chi connectivity index (χ1n) is 4.88. The van der Waals surface area contributed by atoms with Crippen molar-refractivity contribution in [3.63, 3.8) is 0 Å². The Bertz CT molecular complexity index is 502. The quantitative estimate of drug-likeness (QED) is 0.842. The van der Waals surface area contributed by atoms with Crippen LogP contribution in [0.1, 0.15) is 6.42 Å². The number of sulfone groups is 1. The molecule has 1 aliphatic rings. The number of rotatable bonds is 2. The van der Waals surface area contributed by atoms with Crippen molar-refractivity contribution in [2.45, 2.75) is 16.6 Å². The number of halogens is 1. The van der Waals surface area contributed by atoms with Crippen LogP contribution in [0.3, 0.4) is 0 Å². The van der Waals surface area contributed by atoms with Gasteiger partial charge in [-0.3, -0.25) is 0 Å². The highest BCUT2D eigenvalue weighted by Crippen LogP contribution is 2.35. The highest BCUT2D eigenvalue weighted by molar-refractivity contribution is 8.02. The number of anilines is 1. The molecule has 16 heavy (non-hydrogen) atoms. The summed E-state index contributed by atoms with van der Waals surface area (Å²) in [5, 5.41) is 0.725. The van der Waals surface area contributed by atoms with Crippen molar-refractivity contribution >= 4 is 38.9 Å². The van der Waals surface area contributed by atoms with Crippen molar-refractivity contribution in [3.8, 4) is 0 Å². The minimum atomic E-state index is -2.83. The smallest absolute Gasteiger partial charge is 0.151 e. The Morgan fingerprint density at radius 3 is 2.81 bits per heavy atom. The minimum absolute atomic E-state index is 0.103. The minimum Gasteiger partial charge on any atom is -0.398 e. The molecule has 0 amide bonds. The molecule has 88 valence electrons. The van der Waals surface area contributed by atoms with Crippen LogP contribution in [0, 0.1) is 0 Å². The third-order valence-electron chi connectivity index (χ3n) is 2.46. The zero-order valence-electron chi connectivity index (χ0n) is 8.52. The summed E-state index contributed by atoms with van der Waals surface area (Å²) in [5.41, 5.74) is 6.46. The lowest BCUT2D eigenvalue weighted by Gasteiger charge is -2.10. The van der Waals surface area contributed by atoms with Gasteiger partial charge >= 0.3 is 0 Å². The molecule has 1 atom stereocenters. The fraction of sp³-hybridized carbons (Fsp3) is 0.400. The van der Waals surface area contributed by atoms with Crippen LogP contribution < -0.4 is 5.73 Å². The van der Waals surface area contributed by atoms with Crippen LogP contribution in [0.2, 0.25) is 5.02 Å². The fourth-order valence-corrected chi connectivity index (χ4v) is 5.46. The van der Waals surface area contributed by atoms with E-state index in [2.05, 4.69) is 0 Å². The monoisotopic (exact) mass is 277 g/mol. The molecule has 0 saturated carbocycles. The molecule has 0 radical (unpaired) electrons. The molecular weight excluding hydrogens is 266 g/mol. The van der Waals surface area contributed by atoms with Gasteiger partial charge in [0.25, 0.3) is 0 Å². The molecule has 1 aromatic rings. The number of nitrogen functional groups attached to an aromatic ring is 1. The first-order chi connectivity index (χ1) is 7.46. The van der Waals surface area contributed by atoms with Crippen LogP contribution in [0.5, 0.6) is 0 Å². The predicted molar refractivity (Wildman–Crippen MR) is 68.8 cm³/mol. The largest absolute Gasteiger partial charge is 0.398 e. The summed E-state index contributed by atoms with van der Waals surface area (Å²) < 4.78 is 22.6. The molecule has 2 N–H and O–H groups in total. The number of hydrogen-bond acceptors (Lipinski definition) is 4. The summed E-state index contributed by atoms with van der Waals surface area (Å²) in [7, 11) is -2.83. The van der Waals surface area contributed by atoms with Gasteiger partial charge in [-0.05, 0) is 24.6 Å². The van der Waals surface area contributed by atoms with E-state index in [1.165, 1.54) is 11.8 Å². The van der Waals surface area contributed by atoms with Crippen LogP contribution in [-0.2, 0) is 9.84 Å². The van der Waals surface area contributed by atoms with Gasteiger partial charge in [0.05, 0.1) is 11.5 Å².